The van der Waals surface area contributed by atoms with Crippen LogP contribution in [0.1, 0.15) is 12.1 Å². The lowest BCUT2D eigenvalue weighted by Crippen LogP contribution is -1.98. The first-order valence-electron chi connectivity index (χ1n) is 2.91. The van der Waals surface area contributed by atoms with Gasteiger partial charge in [0.15, 0.2) is 0 Å². The number of hydrogen-bond acceptors (Lipinski definition) is 2. The lowest BCUT2D eigenvalue weighted by atomic mass is 10.3. The Bertz CT molecular complexity index is 306. The van der Waals surface area contributed by atoms with E-state index in [0.29, 0.717) is 9.26 Å². The van der Waals surface area contributed by atoms with E-state index in [9.17, 15) is 8.78 Å². The van der Waals surface area contributed by atoms with E-state index in [-0.39, 0.29) is 5.02 Å². The molecule has 0 saturated heterocycles. The third kappa shape index (κ3) is 1.77. The molecular weight excluding hydrogens is 300 g/mol. The van der Waals surface area contributed by atoms with Crippen molar-refractivity contribution in [1.82, 2.24) is 4.98 Å². The van der Waals surface area contributed by atoms with Crippen LogP contribution < -0.4 is 5.73 Å². The third-order valence-corrected chi connectivity index (χ3v) is 3.08. The van der Waals surface area contributed by atoms with E-state index in [4.69, 9.17) is 17.3 Å². The van der Waals surface area contributed by atoms with E-state index in [1.165, 1.54) is 6.20 Å². The van der Waals surface area contributed by atoms with Crippen molar-refractivity contribution in [1.29, 1.82) is 0 Å². The van der Waals surface area contributed by atoms with Gasteiger partial charge in [-0.25, -0.2) is 8.78 Å². The van der Waals surface area contributed by atoms with Gasteiger partial charge in [0, 0.05) is 0 Å². The molecule has 0 aliphatic rings. The van der Waals surface area contributed by atoms with Gasteiger partial charge in [0.05, 0.1) is 20.5 Å². The summed E-state index contributed by atoms with van der Waals surface area (Å²) in [5.74, 6) is 0. The minimum absolute atomic E-state index is 0.0643. The Morgan fingerprint density at radius 2 is 2.17 bits per heavy atom. The summed E-state index contributed by atoms with van der Waals surface area (Å²) in [6.45, 7) is 0. The quantitative estimate of drug-likeness (QED) is 0.810. The van der Waals surface area contributed by atoms with Crippen LogP contribution in [0.2, 0.25) is 5.02 Å². The average molecular weight is 304 g/mol. The number of hydrogen-bond donors (Lipinski definition) is 1. The minimum atomic E-state index is -2.66. The van der Waals surface area contributed by atoms with Gasteiger partial charge in [-0.15, -0.1) is 0 Å². The van der Waals surface area contributed by atoms with Gasteiger partial charge in [-0.3, -0.25) is 4.98 Å². The Morgan fingerprint density at radius 3 is 2.67 bits per heavy atom. The molecule has 0 unspecified atom stereocenters. The Kier molecular flexibility index (Phi) is 3.05. The number of aromatic nitrogens is 1. The van der Waals surface area contributed by atoms with Crippen LogP contribution in [-0.4, -0.2) is 4.98 Å². The van der Waals surface area contributed by atoms with Crippen molar-refractivity contribution in [3.63, 3.8) is 0 Å². The Balaban J connectivity index is 3.27. The molecule has 0 aliphatic carbocycles. The summed E-state index contributed by atoms with van der Waals surface area (Å²) in [5.41, 5.74) is 5.28. The van der Waals surface area contributed by atoms with Crippen molar-refractivity contribution in [3.8, 4) is 0 Å². The van der Waals surface area contributed by atoms with Gasteiger partial charge in [-0.2, -0.15) is 0 Å². The maximum absolute atomic E-state index is 12.1. The molecular formula is C6H4ClF2IN2. The summed E-state index contributed by atoms with van der Waals surface area (Å²) >= 11 is 7.36. The largest absolute Gasteiger partial charge is 0.397 e. The smallest absolute Gasteiger partial charge is 0.281 e. The number of halogens is 4. The van der Waals surface area contributed by atoms with Crippen LogP contribution in [0, 0.1) is 3.57 Å². The molecule has 12 heavy (non-hydrogen) atoms. The first-order valence-corrected chi connectivity index (χ1v) is 4.37. The highest BCUT2D eigenvalue weighted by Crippen LogP contribution is 2.31. The second-order valence-corrected chi connectivity index (χ2v) is 3.48. The minimum Gasteiger partial charge on any atom is -0.397 e. The fourth-order valence-electron chi connectivity index (χ4n) is 0.644. The number of nitrogens with two attached hydrogens (primary N) is 1. The van der Waals surface area contributed by atoms with Gasteiger partial charge >= 0.3 is 0 Å². The zero-order chi connectivity index (χ0) is 9.30. The summed E-state index contributed by atoms with van der Waals surface area (Å²) in [6, 6.07) is 0. The van der Waals surface area contributed by atoms with Crippen molar-refractivity contribution in [3.05, 3.63) is 20.5 Å². The normalized spacial score (nSPS) is 10.8. The van der Waals surface area contributed by atoms with Crippen LogP contribution in [0.4, 0.5) is 14.5 Å². The summed E-state index contributed by atoms with van der Waals surface area (Å²) < 4.78 is 24.7. The van der Waals surface area contributed by atoms with Gasteiger partial charge < -0.3 is 5.73 Å². The number of anilines is 1. The molecule has 0 saturated carbocycles. The fourth-order valence-corrected chi connectivity index (χ4v) is 1.30. The van der Waals surface area contributed by atoms with E-state index in [1.54, 1.807) is 22.6 Å². The SMILES string of the molecule is Nc1cnc(C(F)F)c(Cl)c1I. The second-order valence-electron chi connectivity index (χ2n) is 2.03. The first-order chi connectivity index (χ1) is 5.54. The fraction of sp³-hybridized carbons (Fsp3) is 0.167. The summed E-state index contributed by atoms with van der Waals surface area (Å²) in [7, 11) is 0. The number of alkyl halides is 2. The van der Waals surface area contributed by atoms with E-state index >= 15 is 0 Å². The standard InChI is InChI=1S/C6H4ClF2IN2/c7-3-4(10)2(11)1-12-5(3)6(8)9/h1,6H,11H2. The van der Waals surface area contributed by atoms with Crippen molar-refractivity contribution in [2.45, 2.75) is 6.43 Å². The van der Waals surface area contributed by atoms with Gasteiger partial charge in [-0.1, -0.05) is 11.6 Å². The van der Waals surface area contributed by atoms with E-state index in [0.717, 1.165) is 0 Å². The summed E-state index contributed by atoms with van der Waals surface area (Å²) in [6.07, 6.45) is -1.48. The van der Waals surface area contributed by atoms with Crippen LogP contribution in [0.15, 0.2) is 6.20 Å². The highest BCUT2D eigenvalue weighted by molar-refractivity contribution is 14.1. The lowest BCUT2D eigenvalue weighted by Gasteiger charge is -2.05. The van der Waals surface area contributed by atoms with E-state index in [1.807, 2.05) is 0 Å². The molecule has 0 amide bonds. The van der Waals surface area contributed by atoms with E-state index in [2.05, 4.69) is 4.98 Å². The molecule has 0 atom stereocenters. The van der Waals surface area contributed by atoms with Crippen LogP contribution in [0.5, 0.6) is 0 Å². The Labute approximate surface area is 86.3 Å². The zero-order valence-corrected chi connectivity index (χ0v) is 8.60. The molecule has 2 N–H and O–H groups in total. The molecule has 0 aromatic carbocycles. The monoisotopic (exact) mass is 304 g/mol. The molecule has 66 valence electrons. The highest BCUT2D eigenvalue weighted by Gasteiger charge is 2.16. The number of pyridine rings is 1. The highest BCUT2D eigenvalue weighted by atomic mass is 127. The van der Waals surface area contributed by atoms with Crippen molar-refractivity contribution < 1.29 is 8.78 Å². The molecule has 1 rings (SSSR count). The van der Waals surface area contributed by atoms with Gasteiger partial charge in [0.25, 0.3) is 6.43 Å². The molecule has 0 radical (unpaired) electrons. The number of nitrogens with zero attached hydrogens (tertiary/aromatic N) is 1. The maximum atomic E-state index is 12.1. The molecule has 0 spiro atoms. The molecule has 1 aromatic heterocycles. The van der Waals surface area contributed by atoms with Crippen LogP contribution in [0.25, 0.3) is 0 Å². The van der Waals surface area contributed by atoms with Gasteiger partial charge in [-0.05, 0) is 22.6 Å². The van der Waals surface area contributed by atoms with Crippen molar-refractivity contribution >= 4 is 39.9 Å². The predicted octanol–water partition coefficient (Wildman–Crippen LogP) is 2.86. The molecule has 1 aromatic rings. The van der Waals surface area contributed by atoms with Crippen LogP contribution >= 0.6 is 34.2 Å². The molecule has 6 heteroatoms. The molecule has 0 aliphatic heterocycles. The van der Waals surface area contributed by atoms with Crippen LogP contribution in [-0.2, 0) is 0 Å². The third-order valence-electron chi connectivity index (χ3n) is 1.22. The second kappa shape index (κ2) is 3.69. The molecule has 0 fully saturated rings. The van der Waals surface area contributed by atoms with Crippen molar-refractivity contribution in [2.24, 2.45) is 0 Å². The zero-order valence-electron chi connectivity index (χ0n) is 5.69. The van der Waals surface area contributed by atoms with Gasteiger partial charge in [0.2, 0.25) is 0 Å². The summed E-state index contributed by atoms with van der Waals surface area (Å²) in [4.78, 5) is 3.43. The first kappa shape index (κ1) is 9.91. The molecule has 1 heterocycles. The van der Waals surface area contributed by atoms with Gasteiger partial charge in [0.1, 0.15) is 5.69 Å². The predicted molar refractivity (Wildman–Crippen MR) is 51.3 cm³/mol. The number of rotatable bonds is 1. The number of nitrogen functional groups attached to an aromatic ring is 1. The Hall–Kier alpha value is -0.170. The topological polar surface area (TPSA) is 38.9 Å². The molecule has 2 nitrogen and oxygen atoms in total. The summed E-state index contributed by atoms with van der Waals surface area (Å²) in [5, 5.41) is -0.0643. The van der Waals surface area contributed by atoms with Crippen LogP contribution in [0.3, 0.4) is 0 Å². The lowest BCUT2D eigenvalue weighted by molar-refractivity contribution is 0.146. The average Bonchev–Trinajstić information content (AvgIpc) is 2.00. The maximum Gasteiger partial charge on any atom is 0.281 e. The van der Waals surface area contributed by atoms with E-state index < -0.39 is 12.1 Å². The Morgan fingerprint density at radius 1 is 1.58 bits per heavy atom. The molecule has 0 bridgehead atoms. The van der Waals surface area contributed by atoms with Crippen molar-refractivity contribution in [2.75, 3.05) is 5.73 Å².